The Morgan fingerprint density at radius 2 is 1.02 bits per heavy atom. The van der Waals surface area contributed by atoms with Gasteiger partial charge in [-0.3, -0.25) is 14.8 Å². The Labute approximate surface area is 350 Å². The van der Waals surface area contributed by atoms with E-state index in [4.69, 9.17) is 0 Å². The summed E-state index contributed by atoms with van der Waals surface area (Å²) in [4.78, 5) is 11.9. The van der Waals surface area contributed by atoms with Crippen molar-refractivity contribution in [3.8, 4) is 0 Å². The normalized spacial score (nSPS) is 16.9. The zero-order chi connectivity index (χ0) is 45.9. The van der Waals surface area contributed by atoms with Crippen molar-refractivity contribution < 1.29 is 52.7 Å². The molecule has 1 unspecified atom stereocenters. The number of aryl methyl sites for hydroxylation is 4. The van der Waals surface area contributed by atoms with Crippen LogP contribution in [0.3, 0.4) is 0 Å². The average Bonchev–Trinajstić information content (AvgIpc) is 3.62. The molecule has 2 aliphatic rings. The lowest BCUT2D eigenvalue weighted by atomic mass is 10.0. The highest BCUT2D eigenvalue weighted by Crippen LogP contribution is 2.35. The zero-order valence-electron chi connectivity index (χ0n) is 35.2. The fraction of sp³-hybridized carbons (Fsp3) is 0.477. The lowest BCUT2D eigenvalue weighted by Gasteiger charge is -2.32. The molecule has 3 aromatic carbocycles. The first kappa shape index (κ1) is 51.2. The quantitative estimate of drug-likeness (QED) is 0.186. The van der Waals surface area contributed by atoms with Crippen LogP contribution in [-0.4, -0.2) is 91.0 Å². The second-order valence-electron chi connectivity index (χ2n) is 15.7. The number of pyridine rings is 1. The maximum Gasteiger partial charge on any atom is 0.417 e. The first-order chi connectivity index (χ1) is 28.1. The molecular weight excluding hydrogens is 826 g/mol. The van der Waals surface area contributed by atoms with Crippen molar-refractivity contribution in [2.45, 2.75) is 78.0 Å². The molecule has 338 valence electrons. The number of halogens is 12. The lowest BCUT2D eigenvalue weighted by Crippen LogP contribution is -2.44. The van der Waals surface area contributed by atoms with Crippen LogP contribution < -0.4 is 0 Å². The van der Waals surface area contributed by atoms with Crippen LogP contribution in [0.2, 0.25) is 0 Å². The Morgan fingerprint density at radius 1 is 0.541 bits per heavy atom. The molecule has 2 saturated heterocycles. The number of aromatic nitrogens is 1. The van der Waals surface area contributed by atoms with E-state index in [0.29, 0.717) is 52.5 Å². The number of piperazine rings is 1. The van der Waals surface area contributed by atoms with E-state index >= 15 is 0 Å². The Kier molecular flexibility index (Phi) is 18.2. The van der Waals surface area contributed by atoms with Crippen molar-refractivity contribution in [3.63, 3.8) is 0 Å². The molecule has 0 N–H and O–H groups in total. The fourth-order valence-electron chi connectivity index (χ4n) is 6.58. The second-order valence-corrected chi connectivity index (χ2v) is 15.7. The molecule has 5 nitrogen and oxygen atoms in total. The van der Waals surface area contributed by atoms with Crippen LogP contribution in [0.5, 0.6) is 0 Å². The van der Waals surface area contributed by atoms with Gasteiger partial charge in [0, 0.05) is 70.8 Å². The summed E-state index contributed by atoms with van der Waals surface area (Å²) in [5.41, 5.74) is 0.917. The summed E-state index contributed by atoms with van der Waals surface area (Å²) in [5.74, 6) is 0. The van der Waals surface area contributed by atoms with Crippen molar-refractivity contribution >= 4 is 0 Å². The molecule has 0 aliphatic carbocycles. The van der Waals surface area contributed by atoms with E-state index in [0.717, 1.165) is 70.1 Å². The van der Waals surface area contributed by atoms with E-state index in [2.05, 4.69) is 24.6 Å². The van der Waals surface area contributed by atoms with Crippen LogP contribution in [-0.2, 0) is 37.8 Å². The molecule has 3 heterocycles. The van der Waals surface area contributed by atoms with Gasteiger partial charge in [0.1, 0.15) is 0 Å². The number of nitrogens with zero attached hydrogens (tertiary/aromatic N) is 5. The standard InChI is InChI=1S/C15H21F3N2.C14H19F3N2.C8H7F3.C7H6F3N/c1-11-4-5-12(14(8-11)15(16,17)18)9-20-7-6-13(10-20)19(2)3;1-11-3-4-12(13(9-11)14(15,16)17)10-19-7-5-18(2)6-8-19;1-6-3-2-4-7(5-6)8(9,10)11;1-5-2-6(4-11-3-5)7(8,9)10/h4-5,8,13H,6-7,9-10H2,1-3H3;3-4,9H,5-8,10H2,1-2H3;2-5H,1H3;2-4H,1H3. The molecule has 2 aliphatic heterocycles. The van der Waals surface area contributed by atoms with Gasteiger partial charge in [-0.05, 0) is 96.2 Å². The number of benzene rings is 3. The third kappa shape index (κ3) is 17.2. The van der Waals surface area contributed by atoms with E-state index in [9.17, 15) is 52.7 Å². The molecule has 17 heteroatoms. The Balaban J connectivity index is 0.000000225. The number of hydrogen-bond donors (Lipinski definition) is 0. The molecule has 61 heavy (non-hydrogen) atoms. The van der Waals surface area contributed by atoms with E-state index in [-0.39, 0.29) is 0 Å². The molecule has 1 aromatic heterocycles. The Hall–Kier alpha value is -4.19. The summed E-state index contributed by atoms with van der Waals surface area (Å²) < 4.78 is 150. The molecule has 0 bridgehead atoms. The predicted molar refractivity (Wildman–Crippen MR) is 213 cm³/mol. The van der Waals surface area contributed by atoms with Gasteiger partial charge in [-0.1, -0.05) is 59.2 Å². The van der Waals surface area contributed by atoms with Crippen molar-refractivity contribution in [3.05, 3.63) is 135 Å². The van der Waals surface area contributed by atoms with Gasteiger partial charge < -0.3 is 9.80 Å². The second kappa shape index (κ2) is 21.7. The number of likely N-dealkylation sites (tertiary alicyclic amines) is 1. The van der Waals surface area contributed by atoms with E-state index < -0.39 is 47.0 Å². The molecular formula is C44H53F12N5. The highest BCUT2D eigenvalue weighted by Gasteiger charge is 2.36. The third-order valence-corrected chi connectivity index (χ3v) is 10.1. The first-order valence-electron chi connectivity index (χ1n) is 19.4. The average molecular weight is 880 g/mol. The van der Waals surface area contributed by atoms with Crippen LogP contribution in [0, 0.1) is 27.7 Å². The van der Waals surface area contributed by atoms with E-state index in [1.165, 1.54) is 24.4 Å². The number of rotatable bonds is 5. The molecule has 0 spiro atoms. The van der Waals surface area contributed by atoms with Crippen molar-refractivity contribution in [1.29, 1.82) is 0 Å². The van der Waals surface area contributed by atoms with Crippen LogP contribution in [0.4, 0.5) is 52.7 Å². The summed E-state index contributed by atoms with van der Waals surface area (Å²) in [5, 5.41) is 0. The maximum atomic E-state index is 13.1. The SMILES string of the molecule is Cc1ccc(CN2CCC(N(C)C)C2)c(C(F)(F)F)c1.Cc1ccc(CN2CCN(C)CC2)c(C(F)(F)F)c1.Cc1cccc(C(F)(F)F)c1.Cc1cncc(C(F)(F)F)c1. The monoisotopic (exact) mass is 879 g/mol. The minimum atomic E-state index is -4.28. The van der Waals surface area contributed by atoms with Gasteiger partial charge in [0.05, 0.1) is 22.3 Å². The molecule has 0 saturated carbocycles. The molecule has 0 radical (unpaired) electrons. The summed E-state index contributed by atoms with van der Waals surface area (Å²) in [6.07, 6.45) is -13.8. The molecule has 6 rings (SSSR count). The minimum absolute atomic E-state index is 0.374. The van der Waals surface area contributed by atoms with Crippen LogP contribution in [0.25, 0.3) is 0 Å². The van der Waals surface area contributed by atoms with Gasteiger partial charge in [-0.25, -0.2) is 0 Å². The van der Waals surface area contributed by atoms with E-state index in [1.807, 2.05) is 21.1 Å². The summed E-state index contributed by atoms with van der Waals surface area (Å²) in [6.45, 7) is 12.5. The van der Waals surface area contributed by atoms with E-state index in [1.54, 1.807) is 58.0 Å². The van der Waals surface area contributed by atoms with Gasteiger partial charge in [-0.15, -0.1) is 0 Å². The van der Waals surface area contributed by atoms with Gasteiger partial charge in [0.2, 0.25) is 0 Å². The number of hydrogen-bond acceptors (Lipinski definition) is 5. The Bertz CT molecular complexity index is 1910. The van der Waals surface area contributed by atoms with Crippen LogP contribution in [0.15, 0.2) is 79.1 Å². The molecule has 0 amide bonds. The van der Waals surface area contributed by atoms with Crippen molar-refractivity contribution in [1.82, 2.24) is 24.6 Å². The van der Waals surface area contributed by atoms with Crippen molar-refractivity contribution in [2.75, 3.05) is 60.4 Å². The number of likely N-dealkylation sites (N-methyl/N-ethyl adjacent to an activating group) is 2. The molecule has 2 fully saturated rings. The lowest BCUT2D eigenvalue weighted by molar-refractivity contribution is -0.139. The van der Waals surface area contributed by atoms with Gasteiger partial charge in [0.15, 0.2) is 0 Å². The topological polar surface area (TPSA) is 25.9 Å². The largest absolute Gasteiger partial charge is 0.417 e. The molecule has 4 aromatic rings. The maximum absolute atomic E-state index is 13.1. The minimum Gasteiger partial charge on any atom is -0.305 e. The predicted octanol–water partition coefficient (Wildman–Crippen LogP) is 11.3. The summed E-state index contributed by atoms with van der Waals surface area (Å²) in [7, 11) is 6.06. The Morgan fingerprint density at radius 3 is 1.41 bits per heavy atom. The highest BCUT2D eigenvalue weighted by atomic mass is 19.4. The van der Waals surface area contributed by atoms with Crippen molar-refractivity contribution in [2.24, 2.45) is 0 Å². The van der Waals surface area contributed by atoms with Crippen LogP contribution in [0.1, 0.15) is 62.1 Å². The fourth-order valence-corrected chi connectivity index (χ4v) is 6.58. The zero-order valence-corrected chi connectivity index (χ0v) is 35.2. The summed E-state index contributed by atoms with van der Waals surface area (Å²) in [6, 6.07) is 15.9. The van der Waals surface area contributed by atoms with Gasteiger partial charge in [0.25, 0.3) is 0 Å². The smallest absolute Gasteiger partial charge is 0.305 e. The highest BCUT2D eigenvalue weighted by molar-refractivity contribution is 5.35. The molecule has 1 atom stereocenters. The summed E-state index contributed by atoms with van der Waals surface area (Å²) >= 11 is 0. The third-order valence-electron chi connectivity index (χ3n) is 10.1. The van der Waals surface area contributed by atoms with Gasteiger partial charge >= 0.3 is 24.7 Å². The first-order valence-corrected chi connectivity index (χ1v) is 19.4. The number of alkyl halides is 12. The van der Waals surface area contributed by atoms with Gasteiger partial charge in [-0.2, -0.15) is 52.7 Å². The van der Waals surface area contributed by atoms with Crippen LogP contribution >= 0.6 is 0 Å².